The Morgan fingerprint density at radius 2 is 2.67 bits per heavy atom. The molecule has 0 amide bonds. The van der Waals surface area contributed by atoms with Gasteiger partial charge in [-0.2, -0.15) is 5.10 Å². The van der Waals surface area contributed by atoms with E-state index in [1.165, 1.54) is 0 Å². The summed E-state index contributed by atoms with van der Waals surface area (Å²) >= 11 is 4.45. The van der Waals surface area contributed by atoms with Crippen LogP contribution in [0.1, 0.15) is 0 Å². The Kier molecular flexibility index (Phi) is 1.64. The van der Waals surface area contributed by atoms with Gasteiger partial charge in [0.2, 0.25) is 5.88 Å². The number of ether oxygens (including phenoxy) is 1. The normalized spacial score (nSPS) is 8.89. The lowest BCUT2D eigenvalue weighted by atomic mass is 10.7. The van der Waals surface area contributed by atoms with Crippen molar-refractivity contribution in [2.45, 2.75) is 0 Å². The number of hydrogen-bond acceptors (Lipinski definition) is 3. The minimum absolute atomic E-state index is 0.0146. The Balaban J connectivity index is 2.58. The van der Waals surface area contributed by atoms with Crippen molar-refractivity contribution in [3.05, 3.63) is 12.3 Å². The second-order valence-electron chi connectivity index (χ2n) is 1.34. The van der Waals surface area contributed by atoms with Gasteiger partial charge in [0.1, 0.15) is 0 Å². The number of nitrogens with two attached hydrogens (primary N) is 1. The molecule has 1 rings (SSSR count). The minimum Gasteiger partial charge on any atom is -0.414 e. The second-order valence-corrected chi connectivity index (χ2v) is 1.74. The standard InChI is InChI=1S/C4H5N3OS/c5-4(9)8-3-1-2-6-7-3/h1-2H,(H2,5,9)(H,6,7). The molecule has 0 aromatic carbocycles. The van der Waals surface area contributed by atoms with Crippen molar-refractivity contribution >= 4 is 17.4 Å². The molecule has 1 aromatic heterocycles. The van der Waals surface area contributed by atoms with Gasteiger partial charge < -0.3 is 10.5 Å². The van der Waals surface area contributed by atoms with Gasteiger partial charge in [-0.15, -0.1) is 0 Å². The number of hydrogen-bond donors (Lipinski definition) is 2. The first-order valence-electron chi connectivity index (χ1n) is 2.25. The molecule has 0 aliphatic carbocycles. The molecule has 9 heavy (non-hydrogen) atoms. The van der Waals surface area contributed by atoms with Crippen LogP contribution < -0.4 is 10.5 Å². The van der Waals surface area contributed by atoms with E-state index in [0.717, 1.165) is 0 Å². The van der Waals surface area contributed by atoms with Crippen molar-refractivity contribution in [1.29, 1.82) is 0 Å². The zero-order valence-corrected chi connectivity index (χ0v) is 5.31. The van der Waals surface area contributed by atoms with Crippen molar-refractivity contribution in [3.63, 3.8) is 0 Å². The maximum Gasteiger partial charge on any atom is 0.260 e. The summed E-state index contributed by atoms with van der Waals surface area (Å²) in [4.78, 5) is 0. The second kappa shape index (κ2) is 2.45. The Morgan fingerprint density at radius 1 is 1.89 bits per heavy atom. The van der Waals surface area contributed by atoms with Gasteiger partial charge in [-0.05, 0) is 12.2 Å². The number of aromatic nitrogens is 2. The molecule has 0 aliphatic rings. The number of nitrogens with one attached hydrogen (secondary N) is 1. The summed E-state index contributed by atoms with van der Waals surface area (Å²) in [7, 11) is 0. The van der Waals surface area contributed by atoms with Gasteiger partial charge in [-0.1, -0.05) is 0 Å². The van der Waals surface area contributed by atoms with E-state index < -0.39 is 0 Å². The Bertz CT molecular complexity index is 196. The quantitative estimate of drug-likeness (QED) is 0.544. The molecule has 0 aliphatic heterocycles. The molecule has 1 heterocycles. The van der Waals surface area contributed by atoms with Crippen LogP contribution in [0.2, 0.25) is 0 Å². The first-order valence-corrected chi connectivity index (χ1v) is 2.66. The SMILES string of the molecule is NC(=S)Oc1ccn[nH]1. The van der Waals surface area contributed by atoms with Gasteiger partial charge in [-0.3, -0.25) is 0 Å². The highest BCUT2D eigenvalue weighted by Gasteiger charge is 1.92. The Morgan fingerprint density at radius 3 is 3.11 bits per heavy atom. The molecule has 0 saturated carbocycles. The van der Waals surface area contributed by atoms with Crippen molar-refractivity contribution in [2.75, 3.05) is 0 Å². The average Bonchev–Trinajstić information content (AvgIpc) is 2.15. The van der Waals surface area contributed by atoms with Crippen molar-refractivity contribution < 1.29 is 4.74 Å². The fourth-order valence-corrected chi connectivity index (χ4v) is 0.498. The van der Waals surface area contributed by atoms with Gasteiger partial charge in [0.05, 0.1) is 6.20 Å². The summed E-state index contributed by atoms with van der Waals surface area (Å²) in [5, 5.41) is 6.12. The fraction of sp³-hybridized carbons (Fsp3) is 0. The van der Waals surface area contributed by atoms with Gasteiger partial charge >= 0.3 is 0 Å². The van der Waals surface area contributed by atoms with Crippen LogP contribution in [0.5, 0.6) is 5.88 Å². The van der Waals surface area contributed by atoms with E-state index in [0.29, 0.717) is 5.88 Å². The van der Waals surface area contributed by atoms with Crippen LogP contribution in [0.15, 0.2) is 12.3 Å². The summed E-state index contributed by atoms with van der Waals surface area (Å²) in [5.41, 5.74) is 5.05. The van der Waals surface area contributed by atoms with Crippen molar-refractivity contribution in [1.82, 2.24) is 10.2 Å². The lowest BCUT2D eigenvalue weighted by Gasteiger charge is -1.94. The molecule has 0 spiro atoms. The summed E-state index contributed by atoms with van der Waals surface area (Å²) in [6, 6.07) is 1.62. The number of aromatic amines is 1. The van der Waals surface area contributed by atoms with Crippen LogP contribution in [0.25, 0.3) is 0 Å². The average molecular weight is 143 g/mol. The molecule has 48 valence electrons. The lowest BCUT2D eigenvalue weighted by Crippen LogP contribution is -2.15. The molecule has 3 N–H and O–H groups in total. The van der Waals surface area contributed by atoms with Crippen LogP contribution in [-0.2, 0) is 0 Å². The van der Waals surface area contributed by atoms with Crippen LogP contribution in [-0.4, -0.2) is 15.4 Å². The zero-order valence-electron chi connectivity index (χ0n) is 4.50. The summed E-state index contributed by atoms with van der Waals surface area (Å²) in [6.45, 7) is 0. The van der Waals surface area contributed by atoms with E-state index in [4.69, 9.17) is 10.5 Å². The van der Waals surface area contributed by atoms with E-state index in [1.807, 2.05) is 0 Å². The topological polar surface area (TPSA) is 63.9 Å². The third-order valence-electron chi connectivity index (χ3n) is 0.686. The van der Waals surface area contributed by atoms with Crippen molar-refractivity contribution in [3.8, 4) is 5.88 Å². The summed E-state index contributed by atoms with van der Waals surface area (Å²) in [6.07, 6.45) is 1.55. The van der Waals surface area contributed by atoms with Crippen LogP contribution in [0.3, 0.4) is 0 Å². The maximum absolute atomic E-state index is 5.05. The number of nitrogens with zero attached hydrogens (tertiary/aromatic N) is 1. The Labute approximate surface area is 57.0 Å². The number of H-pyrrole nitrogens is 1. The van der Waals surface area contributed by atoms with Gasteiger partial charge in [0, 0.05) is 6.07 Å². The van der Waals surface area contributed by atoms with Crippen LogP contribution >= 0.6 is 12.2 Å². The molecular weight excluding hydrogens is 138 g/mol. The highest BCUT2D eigenvalue weighted by Crippen LogP contribution is 2.00. The minimum atomic E-state index is -0.0146. The molecule has 5 heteroatoms. The predicted octanol–water partition coefficient (Wildman–Crippen LogP) is 0.0321. The van der Waals surface area contributed by atoms with E-state index in [1.54, 1.807) is 12.3 Å². The molecule has 0 saturated heterocycles. The Hall–Kier alpha value is -1.10. The first-order chi connectivity index (χ1) is 4.29. The molecule has 0 unspecified atom stereocenters. The van der Waals surface area contributed by atoms with Gasteiger partial charge in [-0.25, -0.2) is 5.10 Å². The van der Waals surface area contributed by atoms with Crippen LogP contribution in [0, 0.1) is 0 Å². The van der Waals surface area contributed by atoms with E-state index in [9.17, 15) is 0 Å². The summed E-state index contributed by atoms with van der Waals surface area (Å²) < 4.78 is 4.75. The largest absolute Gasteiger partial charge is 0.414 e. The summed E-state index contributed by atoms with van der Waals surface area (Å²) in [5.74, 6) is 0.461. The fourth-order valence-electron chi connectivity index (χ4n) is 0.408. The molecule has 0 fully saturated rings. The molecular formula is C4H5N3OS. The molecule has 0 bridgehead atoms. The van der Waals surface area contributed by atoms with E-state index in [2.05, 4.69) is 22.4 Å². The first kappa shape index (κ1) is 6.03. The van der Waals surface area contributed by atoms with Crippen molar-refractivity contribution in [2.24, 2.45) is 5.73 Å². The highest BCUT2D eigenvalue weighted by molar-refractivity contribution is 7.80. The third kappa shape index (κ3) is 1.69. The molecule has 4 nitrogen and oxygen atoms in total. The maximum atomic E-state index is 5.05. The van der Waals surface area contributed by atoms with E-state index >= 15 is 0 Å². The lowest BCUT2D eigenvalue weighted by molar-refractivity contribution is 0.531. The number of thiocarbonyl (C=S) groups is 1. The molecule has 1 aromatic rings. The van der Waals surface area contributed by atoms with Gasteiger partial charge in [0.15, 0.2) is 0 Å². The third-order valence-corrected chi connectivity index (χ3v) is 0.769. The van der Waals surface area contributed by atoms with E-state index in [-0.39, 0.29) is 5.17 Å². The van der Waals surface area contributed by atoms with Crippen LogP contribution in [0.4, 0.5) is 0 Å². The zero-order chi connectivity index (χ0) is 6.69. The highest BCUT2D eigenvalue weighted by atomic mass is 32.1. The molecule has 0 radical (unpaired) electrons. The predicted molar refractivity (Wildman–Crippen MR) is 36.0 cm³/mol. The monoisotopic (exact) mass is 143 g/mol. The number of rotatable bonds is 1. The molecule has 0 atom stereocenters. The smallest absolute Gasteiger partial charge is 0.260 e. The van der Waals surface area contributed by atoms with Gasteiger partial charge in [0.25, 0.3) is 5.17 Å².